The molecule has 2 aromatic carbocycles. The molecule has 2 aliphatic carbocycles. The van der Waals surface area contributed by atoms with Crippen LogP contribution < -0.4 is 10.6 Å². The molecule has 2 fully saturated rings. The van der Waals surface area contributed by atoms with Crippen molar-refractivity contribution in [2.24, 2.45) is 11.8 Å². The van der Waals surface area contributed by atoms with E-state index in [2.05, 4.69) is 10.6 Å². The number of sulfone groups is 1. The van der Waals surface area contributed by atoms with E-state index in [0.717, 1.165) is 6.07 Å². The molecule has 0 aromatic heterocycles. The molecule has 5 atom stereocenters. The molecule has 0 aliphatic heterocycles. The highest BCUT2D eigenvalue weighted by Crippen LogP contribution is 2.53. The third-order valence-corrected chi connectivity index (χ3v) is 10.5. The Bertz CT molecular complexity index is 1390. The second kappa shape index (κ2) is 11.7. The summed E-state index contributed by atoms with van der Waals surface area (Å²) >= 11 is 6.25. The van der Waals surface area contributed by atoms with Crippen molar-refractivity contribution in [3.63, 3.8) is 0 Å². The maximum Gasteiger partial charge on any atom is 0.255 e. The summed E-state index contributed by atoms with van der Waals surface area (Å²) in [5.74, 6) is -6.76. The van der Waals surface area contributed by atoms with Gasteiger partial charge in [-0.3, -0.25) is 9.59 Å². The lowest BCUT2D eigenvalue weighted by Gasteiger charge is -2.42. The molecule has 40 heavy (non-hydrogen) atoms. The summed E-state index contributed by atoms with van der Waals surface area (Å²) < 4.78 is 72.8. The number of aliphatic hydroxyl groups is 1. The Kier molecular flexibility index (Phi) is 8.84. The van der Waals surface area contributed by atoms with Gasteiger partial charge in [0.2, 0.25) is 5.91 Å². The number of hydrogen-bond acceptors (Lipinski definition) is 6. The van der Waals surface area contributed by atoms with Crippen molar-refractivity contribution in [3.8, 4) is 0 Å². The van der Waals surface area contributed by atoms with Crippen molar-refractivity contribution in [1.29, 1.82) is 0 Å². The van der Waals surface area contributed by atoms with E-state index in [0.29, 0.717) is 31.6 Å². The van der Waals surface area contributed by atoms with Crippen molar-refractivity contribution >= 4 is 38.9 Å². The van der Waals surface area contributed by atoms with E-state index in [1.165, 1.54) is 19.2 Å². The highest BCUT2D eigenvalue weighted by atomic mass is 35.5. The normalized spacial score (nSPS) is 24.9. The minimum absolute atomic E-state index is 0.108. The van der Waals surface area contributed by atoms with Crippen LogP contribution in [0.15, 0.2) is 35.2 Å². The van der Waals surface area contributed by atoms with Gasteiger partial charge in [0.25, 0.3) is 5.91 Å². The number of carbonyl (C=O) groups excluding carboxylic acids is 2. The SMILES string of the molecule is COC[C@@H](C)NC(=O)C[C@@]1(O)C2CC[C@H]1CC(S(=O)(=O)c1cc(C(=O)Nc3cc(F)c(F)c(F)c3)ccc1Cl)C2. The summed E-state index contributed by atoms with van der Waals surface area (Å²) in [5, 5.41) is 15.4. The highest BCUT2D eigenvalue weighted by Gasteiger charge is 2.56. The summed E-state index contributed by atoms with van der Waals surface area (Å²) in [6.45, 7) is 2.09. The number of amides is 2. The quantitative estimate of drug-likeness (QED) is 0.369. The third-order valence-electron chi connectivity index (χ3n) is 7.82. The number of hydrogen-bond donors (Lipinski definition) is 3. The Morgan fingerprint density at radius 2 is 1.73 bits per heavy atom. The van der Waals surface area contributed by atoms with Crippen LogP contribution in [0.4, 0.5) is 18.9 Å². The van der Waals surface area contributed by atoms with Crippen LogP contribution in [-0.2, 0) is 19.4 Å². The number of rotatable bonds is 9. The van der Waals surface area contributed by atoms with Crippen LogP contribution in [0.25, 0.3) is 0 Å². The summed E-state index contributed by atoms with van der Waals surface area (Å²) in [7, 11) is -2.57. The molecule has 2 bridgehead atoms. The lowest BCUT2D eigenvalue weighted by Crippen LogP contribution is -2.51. The van der Waals surface area contributed by atoms with Crippen LogP contribution in [0.2, 0.25) is 5.02 Å². The minimum atomic E-state index is -4.08. The topological polar surface area (TPSA) is 122 Å². The van der Waals surface area contributed by atoms with Gasteiger partial charge in [-0.15, -0.1) is 0 Å². The monoisotopic (exact) mass is 602 g/mol. The van der Waals surface area contributed by atoms with E-state index in [-0.39, 0.29) is 52.4 Å². The van der Waals surface area contributed by atoms with Crippen molar-refractivity contribution in [2.45, 2.75) is 60.8 Å². The Hall–Kier alpha value is -2.67. The largest absolute Gasteiger partial charge is 0.389 e. The zero-order valence-electron chi connectivity index (χ0n) is 21.8. The fourth-order valence-corrected chi connectivity index (χ4v) is 8.30. The predicted molar refractivity (Wildman–Crippen MR) is 141 cm³/mol. The summed E-state index contributed by atoms with van der Waals surface area (Å²) in [4.78, 5) is 25.0. The van der Waals surface area contributed by atoms with Gasteiger partial charge in [0.05, 0.1) is 33.8 Å². The zero-order chi connectivity index (χ0) is 29.4. The smallest absolute Gasteiger partial charge is 0.255 e. The van der Waals surface area contributed by atoms with E-state index < -0.39 is 55.9 Å². The standard InChI is InChI=1S/C27H30ClF3N2O6S/c1-14(13-39-2)32-24(34)12-27(36)16-4-5-17(27)9-19(8-16)40(37,38)23-7-15(3-6-20(23)28)26(35)33-18-10-21(29)25(31)22(30)11-18/h3,6-7,10-11,14,16-17,19,36H,4-5,8-9,12-13H2,1-2H3,(H,32,34)(H,33,35)/t14-,16+,17?,19?,27+/m1/s1. The first kappa shape index (κ1) is 30.3. The molecule has 218 valence electrons. The van der Waals surface area contributed by atoms with E-state index in [1.54, 1.807) is 6.92 Å². The number of methoxy groups -OCH3 is 1. The molecule has 4 rings (SSSR count). The summed E-state index contributed by atoms with van der Waals surface area (Å²) in [6.07, 6.45) is 1.20. The van der Waals surface area contributed by atoms with E-state index in [4.69, 9.17) is 16.3 Å². The van der Waals surface area contributed by atoms with Gasteiger partial charge in [-0.05, 0) is 62.6 Å². The van der Waals surface area contributed by atoms with Gasteiger partial charge in [-0.1, -0.05) is 11.6 Å². The maximum absolute atomic E-state index is 13.7. The molecule has 2 saturated carbocycles. The van der Waals surface area contributed by atoms with Crippen LogP contribution in [-0.4, -0.2) is 55.9 Å². The second-order valence-electron chi connectivity index (χ2n) is 10.6. The number of fused-ring (bicyclic) bond motifs is 2. The number of halogens is 4. The molecule has 0 radical (unpaired) electrons. The molecular formula is C27H30ClF3N2O6S. The molecule has 2 unspecified atom stereocenters. The van der Waals surface area contributed by atoms with Gasteiger partial charge in [0, 0.05) is 36.5 Å². The molecule has 2 aromatic rings. The maximum atomic E-state index is 13.7. The van der Waals surface area contributed by atoms with Crippen LogP contribution in [0.5, 0.6) is 0 Å². The van der Waals surface area contributed by atoms with Crippen molar-refractivity contribution in [1.82, 2.24) is 5.32 Å². The molecule has 2 amide bonds. The molecule has 3 N–H and O–H groups in total. The van der Waals surface area contributed by atoms with E-state index >= 15 is 0 Å². The number of ether oxygens (including phenoxy) is 1. The molecule has 2 aliphatic rings. The first-order chi connectivity index (χ1) is 18.8. The molecule has 0 saturated heterocycles. The van der Waals surface area contributed by atoms with Crippen molar-refractivity contribution in [3.05, 3.63) is 58.4 Å². The van der Waals surface area contributed by atoms with E-state index in [9.17, 15) is 36.3 Å². The number of benzene rings is 2. The van der Waals surface area contributed by atoms with Gasteiger partial charge in [0.1, 0.15) is 0 Å². The van der Waals surface area contributed by atoms with Crippen molar-refractivity contribution < 1.29 is 41.0 Å². The number of carbonyl (C=O) groups is 2. The zero-order valence-corrected chi connectivity index (χ0v) is 23.4. The fourth-order valence-electron chi connectivity index (χ4n) is 5.90. The Balaban J connectivity index is 1.51. The number of anilines is 1. The van der Waals surface area contributed by atoms with Gasteiger partial charge in [-0.2, -0.15) is 0 Å². The first-order valence-corrected chi connectivity index (χ1v) is 14.7. The molecule has 0 spiro atoms. The number of nitrogens with one attached hydrogen (secondary N) is 2. The third kappa shape index (κ3) is 6.00. The molecular weight excluding hydrogens is 573 g/mol. The predicted octanol–water partition coefficient (Wildman–Crippen LogP) is 4.24. The summed E-state index contributed by atoms with van der Waals surface area (Å²) in [6, 6.07) is 4.51. The highest BCUT2D eigenvalue weighted by molar-refractivity contribution is 7.92. The van der Waals surface area contributed by atoms with Crippen molar-refractivity contribution in [2.75, 3.05) is 19.0 Å². The van der Waals surface area contributed by atoms with Gasteiger partial charge in [0.15, 0.2) is 27.3 Å². The summed E-state index contributed by atoms with van der Waals surface area (Å²) in [5.41, 5.74) is -1.84. The fraction of sp³-hybridized carbons (Fsp3) is 0.481. The van der Waals surface area contributed by atoms with Gasteiger partial charge >= 0.3 is 0 Å². The molecule has 13 heteroatoms. The van der Waals surface area contributed by atoms with E-state index in [1.807, 2.05) is 0 Å². The van der Waals surface area contributed by atoms with Crippen LogP contribution in [0.1, 0.15) is 49.4 Å². The van der Waals surface area contributed by atoms with Crippen LogP contribution in [0.3, 0.4) is 0 Å². The lowest BCUT2D eigenvalue weighted by atomic mass is 9.72. The second-order valence-corrected chi connectivity index (χ2v) is 13.2. The van der Waals surface area contributed by atoms with Crippen LogP contribution in [0, 0.1) is 29.3 Å². The van der Waals surface area contributed by atoms with Gasteiger partial charge in [-0.25, -0.2) is 21.6 Å². The van der Waals surface area contributed by atoms with Crippen LogP contribution >= 0.6 is 11.6 Å². The minimum Gasteiger partial charge on any atom is -0.389 e. The Morgan fingerprint density at radius 3 is 2.30 bits per heavy atom. The average molecular weight is 603 g/mol. The van der Waals surface area contributed by atoms with Gasteiger partial charge < -0.3 is 20.5 Å². The average Bonchev–Trinajstić information content (AvgIpc) is 3.03. The Morgan fingerprint density at radius 1 is 1.12 bits per heavy atom. The lowest BCUT2D eigenvalue weighted by molar-refractivity contribution is -0.133. The molecule has 0 heterocycles. The Labute approximate surface area is 235 Å². The molecule has 8 nitrogen and oxygen atoms in total. The first-order valence-electron chi connectivity index (χ1n) is 12.8.